The van der Waals surface area contributed by atoms with Crippen LogP contribution < -0.4 is 5.73 Å². The zero-order valence-corrected chi connectivity index (χ0v) is 6.86. The molecule has 2 N–H and O–H groups in total. The van der Waals surface area contributed by atoms with Crippen molar-refractivity contribution in [1.82, 2.24) is 9.97 Å². The van der Waals surface area contributed by atoms with E-state index in [-0.39, 0.29) is 6.04 Å². The highest BCUT2D eigenvalue weighted by Gasteiger charge is 2.10. The van der Waals surface area contributed by atoms with Crippen molar-refractivity contribution in [2.24, 2.45) is 11.7 Å². The first-order chi connectivity index (χ1) is 5.22. The summed E-state index contributed by atoms with van der Waals surface area (Å²) in [6.45, 7) is 4.14. The van der Waals surface area contributed by atoms with E-state index in [9.17, 15) is 0 Å². The van der Waals surface area contributed by atoms with E-state index in [1.807, 2.05) is 0 Å². The second kappa shape index (κ2) is 3.44. The van der Waals surface area contributed by atoms with Crippen LogP contribution in [0.5, 0.6) is 0 Å². The van der Waals surface area contributed by atoms with E-state index in [2.05, 4.69) is 23.8 Å². The molecular weight excluding hydrogens is 138 g/mol. The van der Waals surface area contributed by atoms with E-state index in [1.54, 1.807) is 18.6 Å². The predicted molar refractivity (Wildman–Crippen MR) is 43.8 cm³/mol. The van der Waals surface area contributed by atoms with Crippen LogP contribution in [0.4, 0.5) is 0 Å². The van der Waals surface area contributed by atoms with Gasteiger partial charge in [0.1, 0.15) is 0 Å². The molecule has 0 aliphatic rings. The van der Waals surface area contributed by atoms with Crippen LogP contribution in [-0.4, -0.2) is 9.97 Å². The van der Waals surface area contributed by atoms with Crippen molar-refractivity contribution in [2.45, 2.75) is 19.9 Å². The summed E-state index contributed by atoms with van der Waals surface area (Å²) in [5.74, 6) is 0.409. The lowest BCUT2D eigenvalue weighted by atomic mass is 10.0. The molecule has 0 bridgehead atoms. The number of nitrogens with two attached hydrogens (primary N) is 1. The maximum atomic E-state index is 5.84. The molecule has 0 saturated heterocycles. The molecule has 1 aromatic rings. The van der Waals surface area contributed by atoms with Gasteiger partial charge >= 0.3 is 0 Å². The normalized spacial score (nSPS) is 13.5. The number of nitrogens with zero attached hydrogens (tertiary/aromatic N) is 2. The summed E-state index contributed by atoms with van der Waals surface area (Å²) < 4.78 is 0. The molecule has 0 unspecified atom stereocenters. The van der Waals surface area contributed by atoms with Crippen LogP contribution in [0.15, 0.2) is 18.6 Å². The standard InChI is InChI=1S/C8H13N3/c1-6(2)8(9)7-5-10-3-4-11-7/h3-6,8H,9H2,1-2H3/t8-/m0/s1. The summed E-state index contributed by atoms with van der Waals surface area (Å²) >= 11 is 0. The van der Waals surface area contributed by atoms with E-state index in [0.717, 1.165) is 5.69 Å². The summed E-state index contributed by atoms with van der Waals surface area (Å²) in [7, 11) is 0. The third-order valence-corrected chi connectivity index (χ3v) is 1.64. The van der Waals surface area contributed by atoms with E-state index in [4.69, 9.17) is 5.73 Å². The molecule has 3 nitrogen and oxygen atoms in total. The van der Waals surface area contributed by atoms with E-state index < -0.39 is 0 Å². The topological polar surface area (TPSA) is 51.8 Å². The van der Waals surface area contributed by atoms with Crippen LogP contribution in [0, 0.1) is 5.92 Å². The van der Waals surface area contributed by atoms with Gasteiger partial charge in [-0.15, -0.1) is 0 Å². The van der Waals surface area contributed by atoms with Crippen molar-refractivity contribution < 1.29 is 0 Å². The fourth-order valence-corrected chi connectivity index (χ4v) is 0.824. The van der Waals surface area contributed by atoms with Crippen LogP contribution >= 0.6 is 0 Å². The predicted octanol–water partition coefficient (Wildman–Crippen LogP) is 1.13. The average Bonchev–Trinajstić information content (AvgIpc) is 2.05. The Bertz CT molecular complexity index is 208. The lowest BCUT2D eigenvalue weighted by Gasteiger charge is -2.13. The molecule has 1 rings (SSSR count). The molecule has 0 aliphatic carbocycles. The van der Waals surface area contributed by atoms with Gasteiger partial charge in [0.05, 0.1) is 11.7 Å². The Labute approximate surface area is 66.7 Å². The van der Waals surface area contributed by atoms with Crippen LogP contribution in [0.2, 0.25) is 0 Å². The highest BCUT2D eigenvalue weighted by molar-refractivity contribution is 5.01. The van der Waals surface area contributed by atoms with Crippen LogP contribution in [0.3, 0.4) is 0 Å². The maximum absolute atomic E-state index is 5.84. The molecule has 0 aliphatic heterocycles. The Morgan fingerprint density at radius 1 is 1.36 bits per heavy atom. The summed E-state index contributed by atoms with van der Waals surface area (Å²) in [5, 5.41) is 0. The van der Waals surface area contributed by atoms with Gasteiger partial charge in [0.2, 0.25) is 0 Å². The van der Waals surface area contributed by atoms with E-state index >= 15 is 0 Å². The molecule has 60 valence electrons. The zero-order valence-electron chi connectivity index (χ0n) is 6.86. The van der Waals surface area contributed by atoms with Gasteiger partial charge in [-0.3, -0.25) is 9.97 Å². The lowest BCUT2D eigenvalue weighted by Crippen LogP contribution is -2.17. The van der Waals surface area contributed by atoms with Crippen molar-refractivity contribution >= 4 is 0 Å². The molecule has 1 aromatic heterocycles. The van der Waals surface area contributed by atoms with E-state index in [0.29, 0.717) is 5.92 Å². The van der Waals surface area contributed by atoms with Crippen molar-refractivity contribution in [3.05, 3.63) is 24.3 Å². The van der Waals surface area contributed by atoms with Crippen LogP contribution in [-0.2, 0) is 0 Å². The van der Waals surface area contributed by atoms with Gasteiger partial charge in [-0.05, 0) is 5.92 Å². The summed E-state index contributed by atoms with van der Waals surface area (Å²) in [6, 6.07) is 0.00343. The third-order valence-electron chi connectivity index (χ3n) is 1.64. The Kier molecular flexibility index (Phi) is 2.54. The van der Waals surface area contributed by atoms with Gasteiger partial charge in [0.15, 0.2) is 0 Å². The Morgan fingerprint density at radius 2 is 2.09 bits per heavy atom. The first kappa shape index (κ1) is 8.14. The van der Waals surface area contributed by atoms with Gasteiger partial charge < -0.3 is 5.73 Å². The molecule has 0 saturated carbocycles. The quantitative estimate of drug-likeness (QED) is 0.689. The molecule has 1 heterocycles. The minimum absolute atomic E-state index is 0.00343. The molecule has 11 heavy (non-hydrogen) atoms. The fraction of sp³-hybridized carbons (Fsp3) is 0.500. The second-order valence-electron chi connectivity index (χ2n) is 2.90. The molecular formula is C8H13N3. The van der Waals surface area contributed by atoms with Gasteiger partial charge in [-0.1, -0.05) is 13.8 Å². The average molecular weight is 151 g/mol. The Hall–Kier alpha value is -0.960. The number of hydrogen-bond donors (Lipinski definition) is 1. The summed E-state index contributed by atoms with van der Waals surface area (Å²) in [5.41, 5.74) is 6.70. The molecule has 0 aromatic carbocycles. The molecule has 0 fully saturated rings. The molecule has 0 amide bonds. The molecule has 0 radical (unpaired) electrons. The second-order valence-corrected chi connectivity index (χ2v) is 2.90. The lowest BCUT2D eigenvalue weighted by molar-refractivity contribution is 0.501. The Balaban J connectivity index is 2.77. The van der Waals surface area contributed by atoms with Crippen molar-refractivity contribution in [2.75, 3.05) is 0 Å². The molecule has 3 heteroatoms. The Morgan fingerprint density at radius 3 is 2.55 bits per heavy atom. The number of rotatable bonds is 2. The smallest absolute Gasteiger partial charge is 0.0756 e. The summed E-state index contributed by atoms with van der Waals surface area (Å²) in [6.07, 6.45) is 5.03. The largest absolute Gasteiger partial charge is 0.322 e. The highest BCUT2D eigenvalue weighted by atomic mass is 14.8. The zero-order chi connectivity index (χ0) is 8.27. The van der Waals surface area contributed by atoms with Gasteiger partial charge in [-0.2, -0.15) is 0 Å². The maximum Gasteiger partial charge on any atom is 0.0756 e. The number of hydrogen-bond acceptors (Lipinski definition) is 3. The summed E-state index contributed by atoms with van der Waals surface area (Å²) in [4.78, 5) is 8.06. The van der Waals surface area contributed by atoms with Crippen LogP contribution in [0.25, 0.3) is 0 Å². The SMILES string of the molecule is CC(C)[C@H](N)c1cnccn1. The first-order valence-corrected chi connectivity index (χ1v) is 3.73. The first-order valence-electron chi connectivity index (χ1n) is 3.73. The van der Waals surface area contributed by atoms with Gasteiger partial charge in [-0.25, -0.2) is 0 Å². The fourth-order valence-electron chi connectivity index (χ4n) is 0.824. The van der Waals surface area contributed by atoms with E-state index in [1.165, 1.54) is 0 Å². The minimum Gasteiger partial charge on any atom is -0.322 e. The third kappa shape index (κ3) is 1.98. The van der Waals surface area contributed by atoms with Crippen molar-refractivity contribution in [1.29, 1.82) is 0 Å². The minimum atomic E-state index is 0.00343. The van der Waals surface area contributed by atoms with Gasteiger partial charge in [0.25, 0.3) is 0 Å². The molecule has 1 atom stereocenters. The van der Waals surface area contributed by atoms with Crippen molar-refractivity contribution in [3.8, 4) is 0 Å². The van der Waals surface area contributed by atoms with Gasteiger partial charge in [0, 0.05) is 18.6 Å². The van der Waals surface area contributed by atoms with Crippen molar-refractivity contribution in [3.63, 3.8) is 0 Å². The monoisotopic (exact) mass is 151 g/mol. The highest BCUT2D eigenvalue weighted by Crippen LogP contribution is 2.14. The molecule has 0 spiro atoms. The van der Waals surface area contributed by atoms with Crippen LogP contribution in [0.1, 0.15) is 25.6 Å². The number of aromatic nitrogens is 2.